The maximum atomic E-state index is 12.4. The average molecular weight is 384 g/mol. The van der Waals surface area contributed by atoms with Crippen molar-refractivity contribution in [3.05, 3.63) is 23.8 Å². The third-order valence-corrected chi connectivity index (χ3v) is 5.97. The van der Waals surface area contributed by atoms with E-state index >= 15 is 0 Å². The third-order valence-electron chi connectivity index (χ3n) is 4.43. The van der Waals surface area contributed by atoms with Crippen molar-refractivity contribution in [2.45, 2.75) is 51.9 Å². The second kappa shape index (κ2) is 7.34. The molecule has 3 rings (SSSR count). The number of morpholine rings is 1. The van der Waals surface area contributed by atoms with Crippen molar-refractivity contribution in [1.82, 2.24) is 9.03 Å². The highest BCUT2D eigenvalue weighted by molar-refractivity contribution is 7.87. The van der Waals surface area contributed by atoms with E-state index in [1.807, 2.05) is 45.9 Å². The van der Waals surface area contributed by atoms with Crippen LogP contribution >= 0.6 is 0 Å². The summed E-state index contributed by atoms with van der Waals surface area (Å²) in [4.78, 5) is 0. The molecule has 1 saturated heterocycles. The fourth-order valence-electron chi connectivity index (χ4n) is 3.45. The molecule has 0 bridgehead atoms. The molecule has 1 aromatic carbocycles. The molecular weight excluding hydrogens is 356 g/mol. The van der Waals surface area contributed by atoms with E-state index in [4.69, 9.17) is 14.2 Å². The highest BCUT2D eigenvalue weighted by Crippen LogP contribution is 2.41. The lowest BCUT2D eigenvalue weighted by atomic mass is 10.0. The largest absolute Gasteiger partial charge is 0.488 e. The number of rotatable bonds is 6. The van der Waals surface area contributed by atoms with Crippen LogP contribution in [0.2, 0.25) is 0 Å². The van der Waals surface area contributed by atoms with Gasteiger partial charge in [0.2, 0.25) is 0 Å². The van der Waals surface area contributed by atoms with Crippen LogP contribution in [-0.2, 0) is 21.4 Å². The van der Waals surface area contributed by atoms with Crippen molar-refractivity contribution < 1.29 is 22.6 Å². The lowest BCUT2D eigenvalue weighted by Gasteiger charge is -2.34. The van der Waals surface area contributed by atoms with Gasteiger partial charge in [-0.05, 0) is 33.8 Å². The van der Waals surface area contributed by atoms with Gasteiger partial charge in [-0.1, -0.05) is 12.1 Å². The minimum Gasteiger partial charge on any atom is -0.488 e. The molecule has 0 spiro atoms. The minimum absolute atomic E-state index is 0.112. The van der Waals surface area contributed by atoms with E-state index in [0.29, 0.717) is 18.8 Å². The monoisotopic (exact) mass is 384 g/mol. The molecule has 7 nitrogen and oxygen atoms in total. The van der Waals surface area contributed by atoms with Gasteiger partial charge in [0.15, 0.2) is 11.5 Å². The fraction of sp³-hybridized carbons (Fsp3) is 0.667. The molecule has 2 atom stereocenters. The Labute approximate surface area is 155 Å². The fourth-order valence-corrected chi connectivity index (χ4v) is 4.79. The van der Waals surface area contributed by atoms with E-state index in [9.17, 15) is 8.42 Å². The molecule has 2 aliphatic rings. The molecule has 2 heterocycles. The molecule has 146 valence electrons. The summed E-state index contributed by atoms with van der Waals surface area (Å²) < 4.78 is 46.2. The van der Waals surface area contributed by atoms with Crippen molar-refractivity contribution in [1.29, 1.82) is 0 Å². The molecule has 0 aromatic heterocycles. The van der Waals surface area contributed by atoms with Gasteiger partial charge in [0, 0.05) is 31.6 Å². The summed E-state index contributed by atoms with van der Waals surface area (Å²) in [5, 5.41) is 0. The zero-order valence-corrected chi connectivity index (χ0v) is 16.6. The Bertz CT molecular complexity index is 740. The zero-order valence-electron chi connectivity index (χ0n) is 15.8. The lowest BCUT2D eigenvalue weighted by molar-refractivity contribution is -0.0444. The first kappa shape index (κ1) is 19.4. The van der Waals surface area contributed by atoms with Crippen molar-refractivity contribution in [2.75, 3.05) is 26.2 Å². The average Bonchev–Trinajstić information content (AvgIpc) is 2.85. The van der Waals surface area contributed by atoms with Gasteiger partial charge in [-0.3, -0.25) is 0 Å². The molecule has 26 heavy (non-hydrogen) atoms. The van der Waals surface area contributed by atoms with Crippen LogP contribution in [0.4, 0.5) is 0 Å². The predicted molar refractivity (Wildman–Crippen MR) is 98.9 cm³/mol. The number of para-hydroxylation sites is 1. The Balaban J connectivity index is 1.53. The summed E-state index contributed by atoms with van der Waals surface area (Å²) in [6.07, 6.45) is 0.609. The van der Waals surface area contributed by atoms with Gasteiger partial charge < -0.3 is 14.2 Å². The molecular formula is C18H28N2O5S. The van der Waals surface area contributed by atoms with Crippen LogP contribution in [0, 0.1) is 0 Å². The molecule has 0 amide bonds. The Morgan fingerprint density at radius 2 is 1.96 bits per heavy atom. The number of nitrogens with one attached hydrogen (secondary N) is 1. The number of fused-ring (bicyclic) bond motifs is 1. The van der Waals surface area contributed by atoms with Crippen LogP contribution < -0.4 is 14.2 Å². The molecule has 1 fully saturated rings. The van der Waals surface area contributed by atoms with Gasteiger partial charge in [-0.2, -0.15) is 17.4 Å². The lowest BCUT2D eigenvalue weighted by Crippen LogP contribution is -2.52. The maximum Gasteiger partial charge on any atom is 0.279 e. The van der Waals surface area contributed by atoms with Gasteiger partial charge in [0.25, 0.3) is 10.2 Å². The van der Waals surface area contributed by atoms with Crippen LogP contribution in [0.5, 0.6) is 11.5 Å². The second-order valence-electron chi connectivity index (χ2n) is 7.61. The topological polar surface area (TPSA) is 77.1 Å². The summed E-state index contributed by atoms with van der Waals surface area (Å²) >= 11 is 0. The molecule has 0 aliphatic carbocycles. The van der Waals surface area contributed by atoms with Gasteiger partial charge in [-0.25, -0.2) is 0 Å². The quantitative estimate of drug-likeness (QED) is 0.756. The van der Waals surface area contributed by atoms with Crippen LogP contribution in [0.25, 0.3) is 0 Å². The van der Waals surface area contributed by atoms with Crippen molar-refractivity contribution in [3.63, 3.8) is 0 Å². The second-order valence-corrected chi connectivity index (χ2v) is 9.36. The van der Waals surface area contributed by atoms with E-state index in [-0.39, 0.29) is 31.0 Å². The van der Waals surface area contributed by atoms with Crippen molar-refractivity contribution in [2.24, 2.45) is 0 Å². The SMILES string of the molecule is C[C@@H]1CN(S(=O)(=O)NCCOc2cccc3c2OC(C)(C)C3)C[C@@H](C)O1. The Kier molecular flexibility index (Phi) is 5.48. The smallest absolute Gasteiger partial charge is 0.279 e. The number of nitrogens with zero attached hydrogens (tertiary/aromatic N) is 1. The Morgan fingerprint density at radius 1 is 1.27 bits per heavy atom. The highest BCUT2D eigenvalue weighted by atomic mass is 32.2. The van der Waals surface area contributed by atoms with Crippen molar-refractivity contribution >= 4 is 10.2 Å². The van der Waals surface area contributed by atoms with Crippen LogP contribution in [0.3, 0.4) is 0 Å². The summed E-state index contributed by atoms with van der Waals surface area (Å²) in [5.41, 5.74) is 0.872. The normalized spacial score (nSPS) is 25.5. The Morgan fingerprint density at radius 3 is 2.65 bits per heavy atom. The molecule has 0 unspecified atom stereocenters. The number of hydrogen-bond donors (Lipinski definition) is 1. The first-order valence-corrected chi connectivity index (χ1v) is 10.4. The maximum absolute atomic E-state index is 12.4. The standard InChI is InChI=1S/C18H28N2O5S/c1-13-11-20(12-14(2)24-13)26(21,22)19-8-9-23-16-7-5-6-15-10-18(3,4)25-17(15)16/h5-7,13-14,19H,8-12H2,1-4H3/t13-,14-/m1/s1. The molecule has 2 aliphatic heterocycles. The van der Waals surface area contributed by atoms with Gasteiger partial charge in [-0.15, -0.1) is 0 Å². The summed E-state index contributed by atoms with van der Waals surface area (Å²) in [5.74, 6) is 1.41. The van der Waals surface area contributed by atoms with Crippen LogP contribution in [0.1, 0.15) is 33.3 Å². The molecule has 0 radical (unpaired) electrons. The zero-order chi connectivity index (χ0) is 18.9. The first-order chi connectivity index (χ1) is 12.2. The minimum atomic E-state index is -3.54. The molecule has 1 aromatic rings. The van der Waals surface area contributed by atoms with E-state index in [1.165, 1.54) is 4.31 Å². The predicted octanol–water partition coefficient (Wildman–Crippen LogP) is 1.72. The van der Waals surface area contributed by atoms with Crippen LogP contribution in [-0.4, -0.2) is 56.8 Å². The molecule has 1 N–H and O–H groups in total. The van der Waals surface area contributed by atoms with E-state index in [1.54, 1.807) is 0 Å². The van der Waals surface area contributed by atoms with Crippen molar-refractivity contribution in [3.8, 4) is 11.5 Å². The molecule has 8 heteroatoms. The molecule has 0 saturated carbocycles. The summed E-state index contributed by atoms with van der Waals surface area (Å²) in [6.45, 7) is 8.96. The van der Waals surface area contributed by atoms with Gasteiger partial charge in [0.05, 0.1) is 12.2 Å². The third kappa shape index (κ3) is 4.49. The van der Waals surface area contributed by atoms with Gasteiger partial charge >= 0.3 is 0 Å². The van der Waals surface area contributed by atoms with E-state index < -0.39 is 10.2 Å². The summed E-state index contributed by atoms with van der Waals surface area (Å²) in [6, 6.07) is 5.81. The number of hydrogen-bond acceptors (Lipinski definition) is 5. The van der Waals surface area contributed by atoms with Gasteiger partial charge in [0.1, 0.15) is 12.2 Å². The highest BCUT2D eigenvalue weighted by Gasteiger charge is 2.33. The number of benzene rings is 1. The Hall–Kier alpha value is -1.35. The number of ether oxygens (including phenoxy) is 3. The first-order valence-electron chi connectivity index (χ1n) is 9.00. The summed E-state index contributed by atoms with van der Waals surface area (Å²) in [7, 11) is -3.54. The van der Waals surface area contributed by atoms with Crippen LogP contribution in [0.15, 0.2) is 18.2 Å². The van der Waals surface area contributed by atoms with E-state index in [0.717, 1.165) is 17.7 Å². The van der Waals surface area contributed by atoms with E-state index in [2.05, 4.69) is 4.72 Å².